The van der Waals surface area contributed by atoms with Crippen LogP contribution in [0.25, 0.3) is 0 Å². The second-order valence-corrected chi connectivity index (χ2v) is 0.746. The third kappa shape index (κ3) is 92.0. The molecule has 0 aromatic heterocycles. The van der Waals surface area contributed by atoms with Crippen molar-refractivity contribution in [1.29, 1.82) is 0 Å². The molecular weight excluding hydrogens is 96.0 g/mol. The topological polar surface area (TPSA) is 89.3 Å². The number of carbonyl (C=O) groups is 1. The van der Waals surface area contributed by atoms with Gasteiger partial charge in [-0.25, -0.2) is 4.79 Å². The Hall–Kier alpha value is -0.770. The monoisotopic (exact) mass is 106 g/mol. The molecule has 0 aliphatic carbocycles. The summed E-state index contributed by atoms with van der Waals surface area (Å²) in [5.41, 5.74) is 8.88. The first-order valence-electron chi connectivity index (χ1n) is 1.83. The summed E-state index contributed by atoms with van der Waals surface area (Å²) in [4.78, 5) is 8.78. The van der Waals surface area contributed by atoms with Crippen molar-refractivity contribution in [3.05, 3.63) is 0 Å². The van der Waals surface area contributed by atoms with Gasteiger partial charge in [-0.15, -0.1) is 0 Å². The molecule has 0 rings (SSSR count). The van der Waals surface area contributed by atoms with Crippen LogP contribution in [-0.4, -0.2) is 17.7 Å². The molecule has 1 amide bonds. The number of carboxylic acid groups (broad SMARTS) is 1. The first-order valence-corrected chi connectivity index (χ1v) is 1.83. The van der Waals surface area contributed by atoms with Gasteiger partial charge in [-0.2, -0.15) is 0 Å². The molecule has 0 unspecified atom stereocenters. The van der Waals surface area contributed by atoms with E-state index in [0.717, 1.165) is 6.54 Å². The lowest BCUT2D eigenvalue weighted by molar-refractivity contribution is 0.205. The van der Waals surface area contributed by atoms with Gasteiger partial charge in [0.25, 0.3) is 0 Å². The smallest absolute Gasteiger partial charge is 0.402 e. The minimum Gasteiger partial charge on any atom is -0.465 e. The van der Waals surface area contributed by atoms with Crippen molar-refractivity contribution in [2.75, 3.05) is 6.54 Å². The van der Waals surface area contributed by atoms with Crippen molar-refractivity contribution < 1.29 is 9.90 Å². The highest BCUT2D eigenvalue weighted by atomic mass is 16.4. The van der Waals surface area contributed by atoms with E-state index in [1.807, 2.05) is 6.92 Å². The van der Waals surface area contributed by atoms with Crippen LogP contribution in [0.4, 0.5) is 4.79 Å². The van der Waals surface area contributed by atoms with E-state index in [1.165, 1.54) is 0 Å². The Morgan fingerprint density at radius 2 is 1.86 bits per heavy atom. The van der Waals surface area contributed by atoms with E-state index in [0.29, 0.717) is 0 Å². The summed E-state index contributed by atoms with van der Waals surface area (Å²) < 4.78 is 0. The average Bonchev–Trinajstić information content (AvgIpc) is 1.33. The predicted octanol–water partition coefficient (Wildman–Crippen LogP) is -0.412. The minimum absolute atomic E-state index is 0.750. The van der Waals surface area contributed by atoms with Crippen LogP contribution in [0.5, 0.6) is 0 Å². The summed E-state index contributed by atoms with van der Waals surface area (Å²) >= 11 is 0. The Balaban J connectivity index is 0. The number of nitrogens with two attached hydrogens (primary N) is 2. The minimum atomic E-state index is -1.33. The number of amides is 1. The molecule has 0 heterocycles. The van der Waals surface area contributed by atoms with Crippen LogP contribution in [0, 0.1) is 0 Å². The lowest BCUT2D eigenvalue weighted by Gasteiger charge is -1.61. The fraction of sp³-hybridized carbons (Fsp3) is 0.667. The summed E-state index contributed by atoms with van der Waals surface area (Å²) in [6.45, 7) is 2.65. The Morgan fingerprint density at radius 3 is 1.86 bits per heavy atom. The van der Waals surface area contributed by atoms with E-state index in [2.05, 4.69) is 5.73 Å². The third-order valence-electron chi connectivity index (χ3n) is 0. The molecule has 0 aliphatic rings. The van der Waals surface area contributed by atoms with E-state index in [-0.39, 0.29) is 0 Å². The number of rotatable bonds is 0. The summed E-state index contributed by atoms with van der Waals surface area (Å²) in [5, 5.41) is 7.19. The van der Waals surface area contributed by atoms with E-state index in [1.54, 1.807) is 0 Å². The average molecular weight is 106 g/mol. The Bertz CT molecular complexity index is 42.2. The normalized spacial score (nSPS) is 6.00. The number of primary amides is 1. The van der Waals surface area contributed by atoms with Crippen LogP contribution in [-0.2, 0) is 0 Å². The zero-order chi connectivity index (χ0) is 6.28. The Labute approximate surface area is 42.1 Å². The van der Waals surface area contributed by atoms with Gasteiger partial charge in [0.15, 0.2) is 0 Å². The molecule has 0 radical (unpaired) electrons. The van der Waals surface area contributed by atoms with Gasteiger partial charge >= 0.3 is 6.09 Å². The van der Waals surface area contributed by atoms with E-state index in [9.17, 15) is 0 Å². The molecule has 44 valence electrons. The van der Waals surface area contributed by atoms with Crippen LogP contribution in [0.1, 0.15) is 6.92 Å². The zero-order valence-electron chi connectivity index (χ0n) is 4.22. The summed E-state index contributed by atoms with van der Waals surface area (Å²) in [5.74, 6) is 0. The maximum Gasteiger partial charge on any atom is 0.402 e. The van der Waals surface area contributed by atoms with Crippen molar-refractivity contribution >= 4 is 6.09 Å². The van der Waals surface area contributed by atoms with Gasteiger partial charge in [-0.3, -0.25) is 0 Å². The summed E-state index contributed by atoms with van der Waals surface area (Å²) in [7, 11) is 0. The Morgan fingerprint density at radius 1 is 1.86 bits per heavy atom. The maximum absolute atomic E-state index is 8.78. The molecule has 0 saturated heterocycles. The van der Waals surface area contributed by atoms with Gasteiger partial charge in [-0.1, -0.05) is 6.92 Å². The van der Waals surface area contributed by atoms with E-state index >= 15 is 0 Å². The lowest BCUT2D eigenvalue weighted by atomic mass is 10.8. The molecule has 0 spiro atoms. The summed E-state index contributed by atoms with van der Waals surface area (Å²) in [6, 6.07) is 0. The first-order chi connectivity index (χ1) is 3.15. The van der Waals surface area contributed by atoms with Crippen molar-refractivity contribution in [3.63, 3.8) is 0 Å². The molecule has 4 nitrogen and oxygen atoms in total. The highest BCUT2D eigenvalue weighted by Gasteiger charge is 1.65. The van der Waals surface area contributed by atoms with Crippen LogP contribution >= 0.6 is 0 Å². The van der Waals surface area contributed by atoms with Gasteiger partial charge in [0.1, 0.15) is 0 Å². The standard InChI is InChI=1S/C2H7N.CH3NO2/c1-2-3;2-1(3)4/h2-3H2,1H3;2H2,(H,3,4). The molecule has 7 heavy (non-hydrogen) atoms. The van der Waals surface area contributed by atoms with Crippen LogP contribution in [0.3, 0.4) is 0 Å². The van der Waals surface area contributed by atoms with E-state index in [4.69, 9.17) is 15.6 Å². The second kappa shape index (κ2) is 8.97. The van der Waals surface area contributed by atoms with Crippen molar-refractivity contribution in [3.8, 4) is 0 Å². The van der Waals surface area contributed by atoms with Crippen LogP contribution < -0.4 is 11.5 Å². The van der Waals surface area contributed by atoms with Gasteiger partial charge in [0, 0.05) is 0 Å². The largest absolute Gasteiger partial charge is 0.465 e. The molecular formula is C3H10N2O2. The molecule has 5 N–H and O–H groups in total. The molecule has 0 aromatic carbocycles. The molecule has 0 aromatic rings. The molecule has 4 heteroatoms. The molecule has 0 saturated carbocycles. The van der Waals surface area contributed by atoms with Crippen molar-refractivity contribution in [1.82, 2.24) is 0 Å². The van der Waals surface area contributed by atoms with Crippen molar-refractivity contribution in [2.24, 2.45) is 11.5 Å². The highest BCUT2D eigenvalue weighted by molar-refractivity contribution is 5.61. The second-order valence-electron chi connectivity index (χ2n) is 0.746. The third-order valence-corrected chi connectivity index (χ3v) is 0. The molecule has 0 fully saturated rings. The lowest BCUT2D eigenvalue weighted by Crippen LogP contribution is -2.03. The van der Waals surface area contributed by atoms with Gasteiger partial charge in [-0.05, 0) is 6.54 Å². The quantitative estimate of drug-likeness (QED) is 0.392. The summed E-state index contributed by atoms with van der Waals surface area (Å²) in [6.07, 6.45) is -1.33. The van der Waals surface area contributed by atoms with Crippen LogP contribution in [0.2, 0.25) is 0 Å². The fourth-order valence-corrected chi connectivity index (χ4v) is 0. The predicted molar refractivity (Wildman–Crippen MR) is 26.9 cm³/mol. The highest BCUT2D eigenvalue weighted by Crippen LogP contribution is 1.34. The zero-order valence-corrected chi connectivity index (χ0v) is 4.22. The molecule has 0 bridgehead atoms. The SMILES string of the molecule is CCN.NC(=O)O. The number of hydrogen-bond acceptors (Lipinski definition) is 2. The van der Waals surface area contributed by atoms with Gasteiger partial charge in [0.05, 0.1) is 0 Å². The maximum atomic E-state index is 8.78. The number of hydrogen-bond donors (Lipinski definition) is 3. The fourth-order valence-electron chi connectivity index (χ4n) is 0. The van der Waals surface area contributed by atoms with Gasteiger partial charge < -0.3 is 16.6 Å². The van der Waals surface area contributed by atoms with Gasteiger partial charge in [0.2, 0.25) is 0 Å². The van der Waals surface area contributed by atoms with Crippen LogP contribution in [0.15, 0.2) is 0 Å². The molecule has 0 aliphatic heterocycles. The molecule has 0 atom stereocenters. The van der Waals surface area contributed by atoms with Crippen molar-refractivity contribution in [2.45, 2.75) is 6.92 Å². The Kier molecular flexibility index (Phi) is 12.2. The van der Waals surface area contributed by atoms with E-state index < -0.39 is 6.09 Å². The first kappa shape index (κ1) is 9.52.